The zero-order chi connectivity index (χ0) is 14.9. The van der Waals surface area contributed by atoms with Crippen LogP contribution in [0.15, 0.2) is 41.6 Å². The number of nitrogens with zero attached hydrogens (tertiary/aromatic N) is 1. The molecule has 0 unspecified atom stereocenters. The van der Waals surface area contributed by atoms with Crippen LogP contribution < -0.4 is 10.0 Å². The molecule has 0 fully saturated rings. The van der Waals surface area contributed by atoms with Gasteiger partial charge in [0.15, 0.2) is 0 Å². The number of aromatic nitrogens is 1. The number of pyridine rings is 1. The van der Waals surface area contributed by atoms with Gasteiger partial charge in [-0.2, -0.15) is 0 Å². The Kier molecular flexibility index (Phi) is 3.75. The van der Waals surface area contributed by atoms with Crippen molar-refractivity contribution < 1.29 is 8.42 Å². The average molecular weight is 303 g/mol. The summed E-state index contributed by atoms with van der Waals surface area (Å²) in [6.45, 7) is 3.71. The Labute approximate surface area is 124 Å². The summed E-state index contributed by atoms with van der Waals surface area (Å²) in [5, 5.41) is 3.21. The maximum Gasteiger partial charge on any atom is 0.240 e. The van der Waals surface area contributed by atoms with Crippen LogP contribution in [0.5, 0.6) is 0 Å². The smallest absolute Gasteiger partial charge is 0.240 e. The number of benzene rings is 1. The first kappa shape index (κ1) is 14.2. The van der Waals surface area contributed by atoms with Crippen molar-refractivity contribution in [3.63, 3.8) is 0 Å². The quantitative estimate of drug-likeness (QED) is 0.897. The van der Waals surface area contributed by atoms with Crippen LogP contribution in [0, 0.1) is 6.92 Å². The fourth-order valence-electron chi connectivity index (χ4n) is 2.38. The Balaban J connectivity index is 1.80. The van der Waals surface area contributed by atoms with Crippen LogP contribution in [0.25, 0.3) is 0 Å². The van der Waals surface area contributed by atoms with E-state index in [0.717, 1.165) is 35.3 Å². The highest BCUT2D eigenvalue weighted by atomic mass is 32.2. The lowest BCUT2D eigenvalue weighted by Crippen LogP contribution is -2.23. The van der Waals surface area contributed by atoms with Crippen molar-refractivity contribution in [2.45, 2.75) is 31.5 Å². The minimum atomic E-state index is -3.50. The summed E-state index contributed by atoms with van der Waals surface area (Å²) in [7, 11) is -3.50. The molecule has 1 aliphatic rings. The van der Waals surface area contributed by atoms with E-state index in [9.17, 15) is 8.42 Å². The highest BCUT2D eigenvalue weighted by molar-refractivity contribution is 7.89. The van der Waals surface area contributed by atoms with Gasteiger partial charge in [-0.15, -0.1) is 0 Å². The molecule has 3 rings (SSSR count). The second-order valence-corrected chi connectivity index (χ2v) is 6.93. The van der Waals surface area contributed by atoms with E-state index in [2.05, 4.69) is 15.0 Å². The Bertz CT molecular complexity index is 772. The van der Waals surface area contributed by atoms with Gasteiger partial charge < -0.3 is 5.32 Å². The highest BCUT2D eigenvalue weighted by Gasteiger charge is 2.18. The number of sulfonamides is 1. The van der Waals surface area contributed by atoms with Gasteiger partial charge >= 0.3 is 0 Å². The maximum absolute atomic E-state index is 12.4. The van der Waals surface area contributed by atoms with Crippen LogP contribution in [0.1, 0.15) is 22.3 Å². The number of nitrogens with one attached hydrogen (secondary N) is 2. The molecule has 1 aromatic heterocycles. The van der Waals surface area contributed by atoms with Gasteiger partial charge in [0.2, 0.25) is 10.0 Å². The lowest BCUT2D eigenvalue weighted by atomic mass is 10.1. The number of fused-ring (bicyclic) bond motifs is 1. The molecule has 21 heavy (non-hydrogen) atoms. The molecule has 0 saturated heterocycles. The van der Waals surface area contributed by atoms with Gasteiger partial charge in [0.25, 0.3) is 0 Å². The number of aryl methyl sites for hydroxylation is 1. The van der Waals surface area contributed by atoms with Crippen LogP contribution in [-0.2, 0) is 29.7 Å². The molecule has 2 N–H and O–H groups in total. The number of hydrogen-bond donors (Lipinski definition) is 2. The van der Waals surface area contributed by atoms with E-state index in [1.54, 1.807) is 24.5 Å². The van der Waals surface area contributed by atoms with Gasteiger partial charge in [-0.25, -0.2) is 13.1 Å². The first-order valence-electron chi connectivity index (χ1n) is 6.78. The van der Waals surface area contributed by atoms with Crippen molar-refractivity contribution >= 4 is 10.0 Å². The summed E-state index contributed by atoms with van der Waals surface area (Å²) in [6, 6.07) is 7.14. The molecule has 2 heterocycles. The third kappa shape index (κ3) is 2.97. The molecule has 0 bridgehead atoms. The minimum Gasteiger partial charge on any atom is -0.309 e. The molecule has 0 atom stereocenters. The molecule has 0 amide bonds. The van der Waals surface area contributed by atoms with Crippen molar-refractivity contribution in [1.29, 1.82) is 0 Å². The van der Waals surface area contributed by atoms with Crippen molar-refractivity contribution in [2.75, 3.05) is 0 Å². The fraction of sp³-hybridized carbons (Fsp3) is 0.267. The summed E-state index contributed by atoms with van der Waals surface area (Å²) >= 11 is 0. The maximum atomic E-state index is 12.4. The Morgan fingerprint density at radius 3 is 2.86 bits per heavy atom. The molecule has 0 radical (unpaired) electrons. The Hall–Kier alpha value is -1.76. The van der Waals surface area contributed by atoms with Gasteiger partial charge in [-0.05, 0) is 47.4 Å². The standard InChI is InChI=1S/C15H17N3O2S/c1-11-4-5-16-9-14(11)10-18-21(19,20)15-3-2-12-7-17-8-13(12)6-15/h2-6,9,17-18H,7-8,10H2,1H3. The molecule has 110 valence electrons. The molecule has 6 heteroatoms. The van der Waals surface area contributed by atoms with E-state index in [1.165, 1.54) is 0 Å². The van der Waals surface area contributed by atoms with Crippen LogP contribution in [0.4, 0.5) is 0 Å². The molecule has 0 spiro atoms. The fourth-order valence-corrected chi connectivity index (χ4v) is 3.43. The SMILES string of the molecule is Cc1ccncc1CNS(=O)(=O)c1ccc2c(c1)CNC2. The molecule has 0 saturated carbocycles. The van der Waals surface area contributed by atoms with E-state index in [4.69, 9.17) is 0 Å². The van der Waals surface area contributed by atoms with Crippen LogP contribution in [0.2, 0.25) is 0 Å². The monoisotopic (exact) mass is 303 g/mol. The van der Waals surface area contributed by atoms with Crippen molar-refractivity contribution in [3.8, 4) is 0 Å². The first-order valence-corrected chi connectivity index (χ1v) is 8.26. The number of rotatable bonds is 4. The van der Waals surface area contributed by atoms with Gasteiger partial charge in [0.05, 0.1) is 4.90 Å². The first-order chi connectivity index (χ1) is 10.1. The van der Waals surface area contributed by atoms with Crippen LogP contribution in [-0.4, -0.2) is 13.4 Å². The molecule has 2 aromatic rings. The average Bonchev–Trinajstić information content (AvgIpc) is 2.94. The topological polar surface area (TPSA) is 71.1 Å². The molecule has 1 aliphatic heterocycles. The third-order valence-electron chi connectivity index (χ3n) is 3.72. The third-order valence-corrected chi connectivity index (χ3v) is 5.12. The van der Waals surface area contributed by atoms with E-state index in [-0.39, 0.29) is 6.54 Å². The Morgan fingerprint density at radius 2 is 2.05 bits per heavy atom. The summed E-state index contributed by atoms with van der Waals surface area (Å²) in [6.07, 6.45) is 3.38. The Morgan fingerprint density at radius 1 is 1.24 bits per heavy atom. The van der Waals surface area contributed by atoms with Gasteiger partial charge in [-0.3, -0.25) is 4.98 Å². The summed E-state index contributed by atoms with van der Waals surface area (Å²) in [5.74, 6) is 0. The van der Waals surface area contributed by atoms with Gasteiger partial charge in [-0.1, -0.05) is 6.07 Å². The predicted molar refractivity (Wildman–Crippen MR) is 80.0 cm³/mol. The summed E-state index contributed by atoms with van der Waals surface area (Å²) in [5.41, 5.74) is 4.11. The zero-order valence-corrected chi connectivity index (χ0v) is 12.6. The van der Waals surface area contributed by atoms with Crippen molar-refractivity contribution in [1.82, 2.24) is 15.0 Å². The molecule has 0 aliphatic carbocycles. The summed E-state index contributed by atoms with van der Waals surface area (Å²) in [4.78, 5) is 4.33. The van der Waals surface area contributed by atoms with E-state index in [1.807, 2.05) is 19.1 Å². The number of hydrogen-bond acceptors (Lipinski definition) is 4. The predicted octanol–water partition coefficient (Wildman–Crippen LogP) is 1.47. The second kappa shape index (κ2) is 5.55. The lowest BCUT2D eigenvalue weighted by molar-refractivity contribution is 0.581. The van der Waals surface area contributed by atoms with Crippen molar-refractivity contribution in [2.24, 2.45) is 0 Å². The normalized spacial score (nSPS) is 14.1. The van der Waals surface area contributed by atoms with E-state index in [0.29, 0.717) is 4.90 Å². The van der Waals surface area contributed by atoms with Crippen LogP contribution >= 0.6 is 0 Å². The van der Waals surface area contributed by atoms with Gasteiger partial charge in [0.1, 0.15) is 0 Å². The van der Waals surface area contributed by atoms with Crippen molar-refractivity contribution in [3.05, 3.63) is 58.9 Å². The second-order valence-electron chi connectivity index (χ2n) is 5.16. The minimum absolute atomic E-state index is 0.247. The molecular formula is C15H17N3O2S. The molecule has 1 aromatic carbocycles. The van der Waals surface area contributed by atoms with E-state index >= 15 is 0 Å². The zero-order valence-electron chi connectivity index (χ0n) is 11.8. The summed E-state index contributed by atoms with van der Waals surface area (Å²) < 4.78 is 27.4. The molecular weight excluding hydrogens is 286 g/mol. The lowest BCUT2D eigenvalue weighted by Gasteiger charge is -2.09. The van der Waals surface area contributed by atoms with Gasteiger partial charge in [0, 0.05) is 32.0 Å². The van der Waals surface area contributed by atoms with E-state index < -0.39 is 10.0 Å². The van der Waals surface area contributed by atoms with Crippen LogP contribution in [0.3, 0.4) is 0 Å². The largest absolute Gasteiger partial charge is 0.309 e. The molecule has 5 nitrogen and oxygen atoms in total. The highest BCUT2D eigenvalue weighted by Crippen LogP contribution is 2.20.